The molecule has 0 aromatic heterocycles. The van der Waals surface area contributed by atoms with Crippen LogP contribution in [0.25, 0.3) is 0 Å². The maximum Gasteiger partial charge on any atom is 0.332 e. The van der Waals surface area contributed by atoms with E-state index in [9.17, 15) is 23.3 Å². The third-order valence-corrected chi connectivity index (χ3v) is 3.05. The lowest BCUT2D eigenvalue weighted by molar-refractivity contribution is -0.386. The quantitative estimate of drug-likeness (QED) is 0.403. The van der Waals surface area contributed by atoms with Gasteiger partial charge >= 0.3 is 5.69 Å². The van der Waals surface area contributed by atoms with Gasteiger partial charge < -0.3 is 5.32 Å². The first kappa shape index (κ1) is 12.2. The first-order chi connectivity index (χ1) is 7.93. The van der Waals surface area contributed by atoms with Crippen molar-refractivity contribution < 1.29 is 18.1 Å². The van der Waals surface area contributed by atoms with Crippen LogP contribution in [0.15, 0.2) is 4.47 Å². The summed E-state index contributed by atoms with van der Waals surface area (Å²) in [7, 11) is 0. The molecule has 0 saturated heterocycles. The van der Waals surface area contributed by atoms with Crippen molar-refractivity contribution in [2.45, 2.75) is 18.9 Å². The molecule has 0 atom stereocenters. The van der Waals surface area contributed by atoms with Crippen LogP contribution in [0, 0.1) is 27.6 Å². The molecule has 0 amide bonds. The maximum absolute atomic E-state index is 13.5. The standard InChI is InChI=1S/C9H6BrF3N2O2/c10-4-5(11)7(13)8(14-3-1-2-3)9(6(4)12)15(16)17/h3,14H,1-2H2. The number of hydrogen-bond acceptors (Lipinski definition) is 3. The highest BCUT2D eigenvalue weighted by Crippen LogP contribution is 2.39. The molecule has 92 valence electrons. The van der Waals surface area contributed by atoms with Gasteiger partial charge in [0.15, 0.2) is 17.3 Å². The summed E-state index contributed by atoms with van der Waals surface area (Å²) in [5, 5.41) is 13.1. The van der Waals surface area contributed by atoms with Crippen molar-refractivity contribution in [1.29, 1.82) is 0 Å². The van der Waals surface area contributed by atoms with E-state index in [1.807, 2.05) is 0 Å². The normalized spacial score (nSPS) is 14.8. The molecule has 0 heterocycles. The minimum absolute atomic E-state index is 0.164. The summed E-state index contributed by atoms with van der Waals surface area (Å²) in [6.07, 6.45) is 1.38. The lowest BCUT2D eigenvalue weighted by atomic mass is 10.2. The Balaban J connectivity index is 2.63. The van der Waals surface area contributed by atoms with Crippen LogP contribution in [-0.4, -0.2) is 11.0 Å². The summed E-state index contributed by atoms with van der Waals surface area (Å²) in [6, 6.07) is -0.164. The fraction of sp³-hybridized carbons (Fsp3) is 0.333. The summed E-state index contributed by atoms with van der Waals surface area (Å²) in [6.45, 7) is 0. The zero-order valence-corrected chi connectivity index (χ0v) is 9.85. The predicted molar refractivity (Wildman–Crippen MR) is 57.3 cm³/mol. The van der Waals surface area contributed by atoms with Gasteiger partial charge in [0.2, 0.25) is 5.82 Å². The summed E-state index contributed by atoms with van der Waals surface area (Å²) >= 11 is 2.44. The van der Waals surface area contributed by atoms with Gasteiger partial charge in [-0.3, -0.25) is 10.1 Å². The number of benzene rings is 1. The van der Waals surface area contributed by atoms with Crippen LogP contribution in [0.2, 0.25) is 0 Å². The fourth-order valence-electron chi connectivity index (χ4n) is 1.36. The van der Waals surface area contributed by atoms with Gasteiger partial charge in [0.05, 0.1) is 9.40 Å². The third kappa shape index (κ3) is 2.08. The number of halogens is 4. The molecule has 4 nitrogen and oxygen atoms in total. The van der Waals surface area contributed by atoms with Gasteiger partial charge in [0, 0.05) is 6.04 Å². The molecule has 0 aliphatic heterocycles. The molecule has 1 aliphatic rings. The van der Waals surface area contributed by atoms with Gasteiger partial charge in [0.25, 0.3) is 0 Å². The van der Waals surface area contributed by atoms with Crippen molar-refractivity contribution in [3.63, 3.8) is 0 Å². The van der Waals surface area contributed by atoms with E-state index in [2.05, 4.69) is 21.2 Å². The maximum atomic E-state index is 13.5. The Morgan fingerprint density at radius 1 is 1.24 bits per heavy atom. The Morgan fingerprint density at radius 2 is 1.82 bits per heavy atom. The molecule has 2 rings (SSSR count). The van der Waals surface area contributed by atoms with Crippen LogP contribution in [-0.2, 0) is 0 Å². The molecule has 0 bridgehead atoms. The van der Waals surface area contributed by atoms with Gasteiger partial charge in [-0.15, -0.1) is 0 Å². The smallest absolute Gasteiger partial charge is 0.332 e. The molecule has 0 spiro atoms. The average Bonchev–Trinajstić information content (AvgIpc) is 3.06. The van der Waals surface area contributed by atoms with Crippen molar-refractivity contribution in [2.24, 2.45) is 0 Å². The number of rotatable bonds is 3. The van der Waals surface area contributed by atoms with E-state index in [-0.39, 0.29) is 6.04 Å². The lowest BCUT2D eigenvalue weighted by Crippen LogP contribution is -2.10. The van der Waals surface area contributed by atoms with Crippen molar-refractivity contribution in [3.05, 3.63) is 32.0 Å². The van der Waals surface area contributed by atoms with E-state index in [0.717, 1.165) is 0 Å². The second-order valence-electron chi connectivity index (χ2n) is 3.66. The van der Waals surface area contributed by atoms with E-state index in [1.165, 1.54) is 0 Å². The molecule has 0 radical (unpaired) electrons. The van der Waals surface area contributed by atoms with E-state index in [4.69, 9.17) is 0 Å². The van der Waals surface area contributed by atoms with Crippen LogP contribution >= 0.6 is 15.9 Å². The SMILES string of the molecule is O=[N+]([O-])c1c(F)c(Br)c(F)c(F)c1NC1CC1. The molecule has 17 heavy (non-hydrogen) atoms. The summed E-state index contributed by atoms with van der Waals surface area (Å²) in [5.74, 6) is -4.34. The minimum atomic E-state index is -1.48. The van der Waals surface area contributed by atoms with Crippen LogP contribution in [0.1, 0.15) is 12.8 Å². The Hall–Kier alpha value is -1.31. The summed E-state index contributed by atoms with van der Waals surface area (Å²) in [5.41, 5.74) is -1.81. The first-order valence-corrected chi connectivity index (χ1v) is 5.49. The predicted octanol–water partition coefficient (Wildman–Crippen LogP) is 3.35. The summed E-state index contributed by atoms with van der Waals surface area (Å²) < 4.78 is 39.4. The van der Waals surface area contributed by atoms with E-state index < -0.39 is 38.2 Å². The van der Waals surface area contributed by atoms with Crippen molar-refractivity contribution in [2.75, 3.05) is 5.32 Å². The Bertz CT molecular complexity index is 506. The molecule has 1 aromatic rings. The largest absolute Gasteiger partial charge is 0.374 e. The Kier molecular flexibility index (Phi) is 2.98. The van der Waals surface area contributed by atoms with Crippen molar-refractivity contribution in [3.8, 4) is 0 Å². The molecular formula is C9H6BrF3N2O2. The van der Waals surface area contributed by atoms with Gasteiger partial charge in [0.1, 0.15) is 0 Å². The molecular weight excluding hydrogens is 305 g/mol. The number of nitro benzene ring substituents is 1. The highest BCUT2D eigenvalue weighted by atomic mass is 79.9. The zero-order valence-electron chi connectivity index (χ0n) is 8.27. The fourth-order valence-corrected chi connectivity index (χ4v) is 1.72. The van der Waals surface area contributed by atoms with E-state index in [0.29, 0.717) is 12.8 Å². The Labute approximate surface area is 102 Å². The highest BCUT2D eigenvalue weighted by molar-refractivity contribution is 9.10. The number of hydrogen-bond donors (Lipinski definition) is 1. The van der Waals surface area contributed by atoms with E-state index >= 15 is 0 Å². The molecule has 1 saturated carbocycles. The lowest BCUT2D eigenvalue weighted by Gasteiger charge is -2.09. The molecule has 1 aromatic carbocycles. The van der Waals surface area contributed by atoms with Crippen LogP contribution in [0.3, 0.4) is 0 Å². The molecule has 1 fully saturated rings. The number of nitro groups is 1. The van der Waals surface area contributed by atoms with Gasteiger partial charge in [-0.1, -0.05) is 0 Å². The monoisotopic (exact) mass is 310 g/mol. The van der Waals surface area contributed by atoms with Crippen LogP contribution < -0.4 is 5.32 Å². The second kappa shape index (κ2) is 4.17. The van der Waals surface area contributed by atoms with Gasteiger partial charge in [-0.25, -0.2) is 8.78 Å². The minimum Gasteiger partial charge on any atom is -0.374 e. The van der Waals surface area contributed by atoms with Crippen molar-refractivity contribution in [1.82, 2.24) is 0 Å². The topological polar surface area (TPSA) is 55.2 Å². The first-order valence-electron chi connectivity index (χ1n) is 4.70. The van der Waals surface area contributed by atoms with Crippen molar-refractivity contribution >= 4 is 27.3 Å². The number of nitrogens with zero attached hydrogens (tertiary/aromatic N) is 1. The van der Waals surface area contributed by atoms with E-state index in [1.54, 1.807) is 0 Å². The molecule has 0 unspecified atom stereocenters. The summed E-state index contributed by atoms with van der Waals surface area (Å²) in [4.78, 5) is 9.60. The second-order valence-corrected chi connectivity index (χ2v) is 4.45. The molecule has 8 heteroatoms. The highest BCUT2D eigenvalue weighted by Gasteiger charge is 2.34. The molecule has 1 N–H and O–H groups in total. The van der Waals surface area contributed by atoms with Gasteiger partial charge in [-0.2, -0.15) is 4.39 Å². The third-order valence-electron chi connectivity index (χ3n) is 2.35. The Morgan fingerprint density at radius 3 is 2.29 bits per heavy atom. The number of nitrogens with one attached hydrogen (secondary N) is 1. The van der Waals surface area contributed by atoms with Crippen LogP contribution in [0.4, 0.5) is 24.5 Å². The zero-order chi connectivity index (χ0) is 12.7. The number of anilines is 1. The molecule has 1 aliphatic carbocycles. The van der Waals surface area contributed by atoms with Gasteiger partial charge in [-0.05, 0) is 28.8 Å². The average molecular weight is 311 g/mol. The van der Waals surface area contributed by atoms with Crippen LogP contribution in [0.5, 0.6) is 0 Å².